The Balaban J connectivity index is 1.78. The van der Waals surface area contributed by atoms with Gasteiger partial charge in [-0.2, -0.15) is 5.26 Å². The van der Waals surface area contributed by atoms with Crippen molar-refractivity contribution < 1.29 is 9.53 Å². The first-order valence-electron chi connectivity index (χ1n) is 7.04. The molecule has 2 saturated carbocycles. The minimum Gasteiger partial charge on any atom is -0.365 e. The van der Waals surface area contributed by atoms with E-state index in [1.165, 1.54) is 25.7 Å². The van der Waals surface area contributed by atoms with Gasteiger partial charge in [-0.15, -0.1) is 0 Å². The van der Waals surface area contributed by atoms with Crippen LogP contribution in [0.25, 0.3) is 0 Å². The van der Waals surface area contributed by atoms with Gasteiger partial charge in [0.25, 0.3) is 0 Å². The molecule has 0 aromatic carbocycles. The van der Waals surface area contributed by atoms with Crippen LogP contribution >= 0.6 is 0 Å². The Labute approximate surface area is 109 Å². The molecule has 2 aliphatic carbocycles. The smallest absolute Gasteiger partial charge is 0.250 e. The maximum absolute atomic E-state index is 11.9. The summed E-state index contributed by atoms with van der Waals surface area (Å²) in [6.45, 7) is 1.79. The number of hydrogen-bond acceptors (Lipinski definition) is 3. The second-order valence-electron chi connectivity index (χ2n) is 5.58. The van der Waals surface area contributed by atoms with Crippen LogP contribution in [0.5, 0.6) is 0 Å². The SMILES string of the molecule is CC(OC1CCCCCC1)C(=O)NC1(C#N)CC1. The van der Waals surface area contributed by atoms with Gasteiger partial charge in [0.1, 0.15) is 11.6 Å². The summed E-state index contributed by atoms with van der Waals surface area (Å²) in [6, 6.07) is 2.16. The number of nitriles is 1. The van der Waals surface area contributed by atoms with E-state index in [0.29, 0.717) is 0 Å². The molecule has 4 heteroatoms. The summed E-state index contributed by atoms with van der Waals surface area (Å²) in [5.41, 5.74) is -0.585. The molecule has 1 N–H and O–H groups in total. The molecule has 1 unspecified atom stereocenters. The van der Waals surface area contributed by atoms with Crippen molar-refractivity contribution in [3.8, 4) is 6.07 Å². The first-order valence-corrected chi connectivity index (χ1v) is 7.04. The zero-order valence-corrected chi connectivity index (χ0v) is 11.1. The fraction of sp³-hybridized carbons (Fsp3) is 0.857. The third-order valence-corrected chi connectivity index (χ3v) is 3.89. The third kappa shape index (κ3) is 3.46. The molecule has 0 bridgehead atoms. The van der Waals surface area contributed by atoms with Crippen molar-refractivity contribution in [2.75, 3.05) is 0 Å². The summed E-state index contributed by atoms with van der Waals surface area (Å²) in [6.07, 6.45) is 8.36. The van der Waals surface area contributed by atoms with Gasteiger partial charge in [-0.25, -0.2) is 0 Å². The summed E-state index contributed by atoms with van der Waals surface area (Å²) in [7, 11) is 0. The van der Waals surface area contributed by atoms with Crippen molar-refractivity contribution in [1.29, 1.82) is 5.26 Å². The predicted octanol–water partition coefficient (Wildman–Crippen LogP) is 2.29. The quantitative estimate of drug-likeness (QED) is 0.779. The van der Waals surface area contributed by atoms with Gasteiger partial charge in [0.2, 0.25) is 5.91 Å². The minimum absolute atomic E-state index is 0.140. The number of carbonyl (C=O) groups excluding carboxylic acids is 1. The summed E-state index contributed by atoms with van der Waals surface area (Å²) < 4.78 is 5.83. The van der Waals surface area contributed by atoms with Gasteiger partial charge >= 0.3 is 0 Å². The van der Waals surface area contributed by atoms with E-state index < -0.39 is 11.6 Å². The molecule has 100 valence electrons. The van der Waals surface area contributed by atoms with Crippen LogP contribution in [0.1, 0.15) is 58.3 Å². The molecule has 0 saturated heterocycles. The molecule has 0 aromatic rings. The highest BCUT2D eigenvalue weighted by Crippen LogP contribution is 2.34. The van der Waals surface area contributed by atoms with Crippen LogP contribution in [0.15, 0.2) is 0 Å². The Morgan fingerprint density at radius 1 is 1.33 bits per heavy atom. The van der Waals surface area contributed by atoms with Crippen LogP contribution in [-0.4, -0.2) is 23.7 Å². The van der Waals surface area contributed by atoms with Crippen molar-refractivity contribution in [3.05, 3.63) is 0 Å². The molecule has 1 atom stereocenters. The molecule has 0 spiro atoms. The Bertz CT molecular complexity index is 336. The molecular weight excluding hydrogens is 228 g/mol. The minimum atomic E-state index is -0.585. The largest absolute Gasteiger partial charge is 0.365 e. The van der Waals surface area contributed by atoms with E-state index in [0.717, 1.165) is 25.7 Å². The number of carbonyl (C=O) groups is 1. The van der Waals surface area contributed by atoms with Crippen molar-refractivity contribution in [3.63, 3.8) is 0 Å². The molecule has 2 rings (SSSR count). The molecule has 0 heterocycles. The Hall–Kier alpha value is -1.08. The Kier molecular flexibility index (Phi) is 4.23. The van der Waals surface area contributed by atoms with E-state index in [1.807, 2.05) is 0 Å². The maximum atomic E-state index is 11.9. The van der Waals surface area contributed by atoms with Gasteiger partial charge in [-0.1, -0.05) is 25.7 Å². The highest BCUT2D eigenvalue weighted by atomic mass is 16.5. The van der Waals surface area contributed by atoms with Gasteiger partial charge < -0.3 is 10.1 Å². The van der Waals surface area contributed by atoms with Crippen LogP contribution in [0.2, 0.25) is 0 Å². The van der Waals surface area contributed by atoms with Gasteiger partial charge in [0, 0.05) is 0 Å². The lowest BCUT2D eigenvalue weighted by Gasteiger charge is -2.21. The van der Waals surface area contributed by atoms with Crippen LogP contribution in [0, 0.1) is 11.3 Å². The maximum Gasteiger partial charge on any atom is 0.250 e. The van der Waals surface area contributed by atoms with Gasteiger partial charge in [-0.3, -0.25) is 4.79 Å². The van der Waals surface area contributed by atoms with Crippen LogP contribution in [-0.2, 0) is 9.53 Å². The van der Waals surface area contributed by atoms with E-state index >= 15 is 0 Å². The fourth-order valence-corrected chi connectivity index (χ4v) is 2.46. The molecule has 0 radical (unpaired) electrons. The molecule has 18 heavy (non-hydrogen) atoms. The second-order valence-corrected chi connectivity index (χ2v) is 5.58. The fourth-order valence-electron chi connectivity index (χ4n) is 2.46. The van der Waals surface area contributed by atoms with Crippen molar-refractivity contribution in [2.24, 2.45) is 0 Å². The van der Waals surface area contributed by atoms with Crippen LogP contribution in [0.4, 0.5) is 0 Å². The first kappa shape index (κ1) is 13.4. The molecular formula is C14H22N2O2. The second kappa shape index (κ2) is 5.71. The Morgan fingerprint density at radius 3 is 2.44 bits per heavy atom. The average molecular weight is 250 g/mol. The summed E-state index contributed by atoms with van der Waals surface area (Å²) in [5, 5.41) is 11.7. The first-order chi connectivity index (χ1) is 8.65. The number of rotatable bonds is 4. The molecule has 1 amide bonds. The summed E-state index contributed by atoms with van der Waals surface area (Å²) >= 11 is 0. The monoisotopic (exact) mass is 250 g/mol. The van der Waals surface area contributed by atoms with Crippen molar-refractivity contribution >= 4 is 5.91 Å². The van der Waals surface area contributed by atoms with Crippen LogP contribution < -0.4 is 5.32 Å². The van der Waals surface area contributed by atoms with Gasteiger partial charge in [0.05, 0.1) is 12.2 Å². The lowest BCUT2D eigenvalue weighted by atomic mass is 10.1. The molecule has 2 fully saturated rings. The standard InChI is InChI=1S/C14H22N2O2/c1-11(13(17)16-14(10-15)8-9-14)18-12-6-4-2-3-5-7-12/h11-12H,2-9H2,1H3,(H,16,17). The van der Waals surface area contributed by atoms with Gasteiger partial charge in [-0.05, 0) is 32.6 Å². The normalized spacial score (nSPS) is 24.7. The summed E-state index contributed by atoms with van der Waals surface area (Å²) in [4.78, 5) is 11.9. The van der Waals surface area contributed by atoms with E-state index in [2.05, 4.69) is 11.4 Å². The number of amides is 1. The molecule has 2 aliphatic rings. The average Bonchev–Trinajstić information content (AvgIpc) is 3.14. The van der Waals surface area contributed by atoms with Crippen LogP contribution in [0.3, 0.4) is 0 Å². The zero-order chi connectivity index (χ0) is 13.0. The van der Waals surface area contributed by atoms with E-state index in [4.69, 9.17) is 10.00 Å². The van der Waals surface area contributed by atoms with Gasteiger partial charge in [0.15, 0.2) is 0 Å². The highest BCUT2D eigenvalue weighted by Gasteiger charge is 2.45. The zero-order valence-electron chi connectivity index (χ0n) is 11.1. The third-order valence-electron chi connectivity index (χ3n) is 3.89. The molecule has 0 aromatic heterocycles. The van der Waals surface area contributed by atoms with Crippen molar-refractivity contribution in [2.45, 2.75) is 76.0 Å². The number of nitrogens with one attached hydrogen (secondary N) is 1. The van der Waals surface area contributed by atoms with E-state index in [-0.39, 0.29) is 12.0 Å². The number of ether oxygens (including phenoxy) is 1. The highest BCUT2D eigenvalue weighted by molar-refractivity contribution is 5.82. The molecule has 0 aliphatic heterocycles. The topological polar surface area (TPSA) is 62.1 Å². The lowest BCUT2D eigenvalue weighted by Crippen LogP contribution is -2.43. The summed E-state index contributed by atoms with van der Waals surface area (Å²) in [5.74, 6) is -0.140. The molecule has 4 nitrogen and oxygen atoms in total. The van der Waals surface area contributed by atoms with Crippen molar-refractivity contribution in [1.82, 2.24) is 5.32 Å². The predicted molar refractivity (Wildman–Crippen MR) is 67.8 cm³/mol. The number of hydrogen-bond donors (Lipinski definition) is 1. The van der Waals surface area contributed by atoms with E-state index in [1.54, 1.807) is 6.92 Å². The van der Waals surface area contributed by atoms with E-state index in [9.17, 15) is 4.79 Å². The Morgan fingerprint density at radius 2 is 1.94 bits per heavy atom. The number of nitrogens with zero attached hydrogens (tertiary/aromatic N) is 1. The lowest BCUT2D eigenvalue weighted by molar-refractivity contribution is -0.136.